The molecule has 0 saturated carbocycles. The molecule has 0 aromatic heterocycles. The van der Waals surface area contributed by atoms with Crippen LogP contribution >= 0.6 is 0 Å². The van der Waals surface area contributed by atoms with Crippen LogP contribution in [0.4, 0.5) is 0 Å². The third-order valence-electron chi connectivity index (χ3n) is 14.0. The number of ether oxygens (including phenoxy) is 4. The van der Waals surface area contributed by atoms with Gasteiger partial charge in [-0.15, -0.1) is 0 Å². The molecular weight excluding hydrogens is 1010 g/mol. The molecule has 0 aliphatic rings. The number of unbranched alkanes of at least 4 members (excludes halogenated alkanes) is 27. The molecule has 0 bridgehead atoms. The molecule has 464 valence electrons. The monoisotopic (exact) mass is 1130 g/mol. The van der Waals surface area contributed by atoms with Crippen LogP contribution in [0, 0.1) is 0 Å². The van der Waals surface area contributed by atoms with Crippen molar-refractivity contribution in [1.29, 1.82) is 0 Å². The Hall–Kier alpha value is -4.05. The molecule has 0 aromatic carbocycles. The summed E-state index contributed by atoms with van der Waals surface area (Å²) in [6.45, 7) is 4.72. The van der Waals surface area contributed by atoms with Gasteiger partial charge in [0, 0.05) is 12.8 Å². The largest absolute Gasteiger partial charge is 0.477 e. The summed E-state index contributed by atoms with van der Waals surface area (Å²) in [6, 6.07) is 0. The van der Waals surface area contributed by atoms with Gasteiger partial charge in [-0.2, -0.15) is 0 Å². The Morgan fingerprint density at radius 2 is 0.704 bits per heavy atom. The van der Waals surface area contributed by atoms with Crippen LogP contribution in [0.3, 0.4) is 0 Å². The first-order chi connectivity index (χ1) is 39.6. The first-order valence-corrected chi connectivity index (χ1v) is 33.1. The van der Waals surface area contributed by atoms with Crippen molar-refractivity contribution in [2.45, 2.75) is 283 Å². The van der Waals surface area contributed by atoms with Crippen molar-refractivity contribution in [3.63, 3.8) is 0 Å². The summed E-state index contributed by atoms with van der Waals surface area (Å²) in [6.07, 6.45) is 83.4. The van der Waals surface area contributed by atoms with E-state index in [-0.39, 0.29) is 38.6 Å². The zero-order valence-corrected chi connectivity index (χ0v) is 52.9. The van der Waals surface area contributed by atoms with Crippen molar-refractivity contribution in [3.05, 3.63) is 109 Å². The van der Waals surface area contributed by atoms with Gasteiger partial charge in [-0.3, -0.25) is 9.59 Å². The maximum Gasteiger partial charge on any atom is 0.361 e. The average Bonchev–Trinajstić information content (AvgIpc) is 3.44. The number of carbonyl (C=O) groups is 3. The molecule has 0 rings (SSSR count). The zero-order chi connectivity index (χ0) is 59.1. The predicted octanol–water partition coefficient (Wildman–Crippen LogP) is 20.2. The maximum absolute atomic E-state index is 12.9. The number of allylic oxidation sites excluding steroid dienone is 18. The Kier molecular flexibility index (Phi) is 58.9. The number of quaternary nitrogens is 1. The van der Waals surface area contributed by atoms with Crippen LogP contribution in [0.1, 0.15) is 271 Å². The van der Waals surface area contributed by atoms with Crippen molar-refractivity contribution in [3.8, 4) is 0 Å². The van der Waals surface area contributed by atoms with Crippen LogP contribution in [0.5, 0.6) is 0 Å². The molecule has 0 aromatic rings. The number of carboxylic acids is 1. The summed E-state index contributed by atoms with van der Waals surface area (Å²) in [5.74, 6) is -2.07. The number of aliphatic carboxylic acids is 1. The van der Waals surface area contributed by atoms with Crippen LogP contribution in [-0.2, 0) is 33.3 Å². The number of rotatable bonds is 60. The van der Waals surface area contributed by atoms with E-state index in [1.54, 1.807) is 0 Å². The van der Waals surface area contributed by atoms with Crippen molar-refractivity contribution in [2.75, 3.05) is 47.5 Å². The van der Waals surface area contributed by atoms with Gasteiger partial charge in [0.05, 0.1) is 34.4 Å². The molecule has 0 amide bonds. The van der Waals surface area contributed by atoms with Crippen LogP contribution in [0.25, 0.3) is 0 Å². The van der Waals surface area contributed by atoms with Gasteiger partial charge in [-0.05, 0) is 103 Å². The van der Waals surface area contributed by atoms with E-state index >= 15 is 0 Å². The minimum absolute atomic E-state index is 0.174. The fourth-order valence-corrected chi connectivity index (χ4v) is 8.97. The summed E-state index contributed by atoms with van der Waals surface area (Å²) < 4.78 is 22.9. The topological polar surface area (TPSA) is 108 Å². The van der Waals surface area contributed by atoms with Crippen molar-refractivity contribution < 1.29 is 42.9 Å². The van der Waals surface area contributed by atoms with Gasteiger partial charge in [0.2, 0.25) is 0 Å². The second-order valence-electron chi connectivity index (χ2n) is 23.0. The van der Waals surface area contributed by atoms with E-state index in [0.29, 0.717) is 17.4 Å². The fraction of sp³-hybridized carbons (Fsp3) is 0.708. The van der Waals surface area contributed by atoms with Gasteiger partial charge in [0.1, 0.15) is 13.2 Å². The van der Waals surface area contributed by atoms with Gasteiger partial charge in [-0.1, -0.05) is 264 Å². The van der Waals surface area contributed by atoms with Crippen LogP contribution < -0.4 is 0 Å². The summed E-state index contributed by atoms with van der Waals surface area (Å²) >= 11 is 0. The molecule has 0 aliphatic heterocycles. The lowest BCUT2D eigenvalue weighted by atomic mass is 10.0. The third kappa shape index (κ3) is 63.4. The molecule has 2 unspecified atom stereocenters. The third-order valence-corrected chi connectivity index (χ3v) is 14.0. The number of hydrogen-bond acceptors (Lipinski definition) is 7. The van der Waals surface area contributed by atoms with E-state index < -0.39 is 24.3 Å². The maximum atomic E-state index is 12.9. The smallest absolute Gasteiger partial charge is 0.361 e. The van der Waals surface area contributed by atoms with Crippen LogP contribution in [0.15, 0.2) is 109 Å². The molecular formula is C72H124NO8+. The van der Waals surface area contributed by atoms with E-state index in [9.17, 15) is 19.5 Å². The predicted molar refractivity (Wildman–Crippen MR) is 345 cm³/mol. The minimum atomic E-state index is -1.53. The molecule has 0 spiro atoms. The first kappa shape index (κ1) is 77.0. The number of carboxylic acid groups (broad SMARTS) is 1. The Morgan fingerprint density at radius 3 is 1.09 bits per heavy atom. The second-order valence-corrected chi connectivity index (χ2v) is 23.0. The molecule has 0 fully saturated rings. The average molecular weight is 1130 g/mol. The number of carbonyl (C=O) groups excluding carboxylic acids is 2. The summed E-state index contributed by atoms with van der Waals surface area (Å²) in [4.78, 5) is 37.5. The highest BCUT2D eigenvalue weighted by Gasteiger charge is 2.25. The van der Waals surface area contributed by atoms with Gasteiger partial charge >= 0.3 is 17.9 Å². The molecule has 81 heavy (non-hydrogen) atoms. The molecule has 9 heteroatoms. The highest BCUT2D eigenvalue weighted by molar-refractivity contribution is 5.71. The quantitative estimate of drug-likeness (QED) is 0.0211. The summed E-state index contributed by atoms with van der Waals surface area (Å²) in [5.41, 5.74) is 0. The zero-order valence-electron chi connectivity index (χ0n) is 52.9. The Labute approximate surface area is 498 Å². The SMILES string of the molecule is CC/C=C\C/C=C\C/C=C\C/C=C\C/C=C\C/C=C\C/C=C\C/C=C\CCCCC(=O)OC(COC(=O)CCCCCCCCCCCCCCCCCCC/C=C\CCCCCCCCCC)COC(OCC[N+](C)(C)C)C(=O)O. The van der Waals surface area contributed by atoms with Crippen molar-refractivity contribution in [2.24, 2.45) is 0 Å². The Morgan fingerprint density at radius 1 is 0.383 bits per heavy atom. The second kappa shape index (κ2) is 62.0. The number of nitrogens with zero attached hydrogens (tertiary/aromatic N) is 1. The highest BCUT2D eigenvalue weighted by Crippen LogP contribution is 2.16. The summed E-state index contributed by atoms with van der Waals surface area (Å²) in [5, 5.41) is 9.73. The van der Waals surface area contributed by atoms with Crippen molar-refractivity contribution >= 4 is 17.9 Å². The van der Waals surface area contributed by atoms with Gasteiger partial charge < -0.3 is 28.5 Å². The van der Waals surface area contributed by atoms with E-state index in [0.717, 1.165) is 83.5 Å². The van der Waals surface area contributed by atoms with Gasteiger partial charge in [-0.25, -0.2) is 4.79 Å². The normalized spacial score (nSPS) is 13.4. The van der Waals surface area contributed by atoms with E-state index in [1.807, 2.05) is 21.1 Å². The molecule has 0 radical (unpaired) electrons. The van der Waals surface area contributed by atoms with E-state index in [2.05, 4.69) is 123 Å². The number of esters is 2. The number of likely N-dealkylation sites (N-methyl/N-ethyl adjacent to an activating group) is 1. The lowest BCUT2D eigenvalue weighted by Crippen LogP contribution is -2.40. The standard InChI is InChI=1S/C72H123NO8/c1-6-8-10-12-14-16-18-20-22-24-26-28-30-32-34-35-37-38-40-42-44-46-48-50-52-54-56-58-60-62-69(74)79-66-68(67-80-72(71(76)77)78-65-64-73(3,4)5)81-70(75)63-61-59-57-55-53-51-49-47-45-43-41-39-36-33-31-29-27-25-23-21-19-17-15-13-11-9-7-2/h9,11,15,17,21,23-24,26-27,29,33,36,41,43,47,49,53,55,68,72H,6-8,10,12-14,16,18-20,22,25,28,30-32,34-35,37-40,42,44-46,48,50-52,54,56-67H2,1-5H3/p+1/b11-9-,17-15-,23-21-,26-24-,29-27-,36-33-,43-41-,49-47-,55-53-. The van der Waals surface area contributed by atoms with Crippen molar-refractivity contribution in [1.82, 2.24) is 0 Å². The molecule has 0 saturated heterocycles. The van der Waals surface area contributed by atoms with Gasteiger partial charge in [0.25, 0.3) is 6.29 Å². The van der Waals surface area contributed by atoms with E-state index in [4.69, 9.17) is 18.9 Å². The molecule has 0 heterocycles. The van der Waals surface area contributed by atoms with Crippen LogP contribution in [0.2, 0.25) is 0 Å². The Bertz CT molecular complexity index is 1700. The first-order valence-electron chi connectivity index (χ1n) is 33.1. The lowest BCUT2D eigenvalue weighted by molar-refractivity contribution is -0.870. The summed E-state index contributed by atoms with van der Waals surface area (Å²) in [7, 11) is 5.95. The molecule has 1 N–H and O–H groups in total. The van der Waals surface area contributed by atoms with E-state index in [1.165, 1.54) is 154 Å². The Balaban J connectivity index is 4.24. The molecule has 9 nitrogen and oxygen atoms in total. The van der Waals surface area contributed by atoms with Crippen LogP contribution in [-0.4, -0.2) is 87.4 Å². The number of hydrogen-bond donors (Lipinski definition) is 1. The highest BCUT2D eigenvalue weighted by atomic mass is 16.7. The minimum Gasteiger partial charge on any atom is -0.477 e. The lowest BCUT2D eigenvalue weighted by Gasteiger charge is -2.25. The molecule has 2 atom stereocenters. The fourth-order valence-electron chi connectivity index (χ4n) is 8.97. The molecule has 0 aliphatic carbocycles. The van der Waals surface area contributed by atoms with Gasteiger partial charge in [0.15, 0.2) is 6.10 Å².